The second-order valence-corrected chi connectivity index (χ2v) is 8.07. The van der Waals surface area contributed by atoms with Crippen molar-refractivity contribution in [1.82, 2.24) is 20.4 Å². The summed E-state index contributed by atoms with van der Waals surface area (Å²) in [5.41, 5.74) is 2.09. The number of benzene rings is 1. The van der Waals surface area contributed by atoms with E-state index in [4.69, 9.17) is 4.74 Å². The predicted molar refractivity (Wildman–Crippen MR) is 109 cm³/mol. The van der Waals surface area contributed by atoms with Crippen molar-refractivity contribution in [3.8, 4) is 17.0 Å². The number of likely N-dealkylation sites (tertiary alicyclic amines) is 1. The Hall–Kier alpha value is -2.34. The van der Waals surface area contributed by atoms with E-state index >= 15 is 0 Å². The first kappa shape index (κ1) is 19.0. The SMILES string of the molecule is COc1ccccc1-c1cc(C(=O)NC2CCN(CC3CCCC3)CC2)[nH]n1. The Labute approximate surface area is 166 Å². The number of aromatic amines is 1. The van der Waals surface area contributed by atoms with E-state index in [1.807, 2.05) is 24.3 Å². The Balaban J connectivity index is 1.30. The highest BCUT2D eigenvalue weighted by molar-refractivity contribution is 5.93. The van der Waals surface area contributed by atoms with Crippen LogP contribution in [0.15, 0.2) is 30.3 Å². The first-order chi connectivity index (χ1) is 13.7. The van der Waals surface area contributed by atoms with Gasteiger partial charge in [-0.15, -0.1) is 0 Å². The Bertz CT molecular complexity index is 789. The summed E-state index contributed by atoms with van der Waals surface area (Å²) < 4.78 is 5.39. The number of para-hydroxylation sites is 1. The minimum Gasteiger partial charge on any atom is -0.496 e. The zero-order chi connectivity index (χ0) is 19.3. The number of aromatic nitrogens is 2. The van der Waals surface area contributed by atoms with Crippen LogP contribution in [0.5, 0.6) is 5.75 Å². The molecule has 2 fully saturated rings. The fraction of sp³-hybridized carbons (Fsp3) is 0.545. The molecule has 150 valence electrons. The number of rotatable bonds is 6. The van der Waals surface area contributed by atoms with Crippen molar-refractivity contribution < 1.29 is 9.53 Å². The van der Waals surface area contributed by atoms with Crippen LogP contribution in [0.2, 0.25) is 0 Å². The summed E-state index contributed by atoms with van der Waals surface area (Å²) in [5, 5.41) is 10.4. The topological polar surface area (TPSA) is 70.2 Å². The molecule has 1 aliphatic heterocycles. The molecule has 1 saturated carbocycles. The molecule has 1 aromatic heterocycles. The molecule has 1 amide bonds. The number of carbonyl (C=O) groups excluding carboxylic acids is 1. The van der Waals surface area contributed by atoms with Gasteiger partial charge in [0.25, 0.3) is 5.91 Å². The summed E-state index contributed by atoms with van der Waals surface area (Å²) in [4.78, 5) is 15.2. The average molecular weight is 383 g/mol. The molecule has 0 bridgehead atoms. The van der Waals surface area contributed by atoms with Crippen molar-refractivity contribution in [2.24, 2.45) is 5.92 Å². The largest absolute Gasteiger partial charge is 0.496 e. The number of H-pyrrole nitrogens is 1. The maximum Gasteiger partial charge on any atom is 0.269 e. The molecule has 2 N–H and O–H groups in total. The van der Waals surface area contributed by atoms with Crippen LogP contribution < -0.4 is 10.1 Å². The molecular weight excluding hydrogens is 352 g/mol. The lowest BCUT2D eigenvalue weighted by Gasteiger charge is -2.33. The minimum absolute atomic E-state index is 0.0807. The van der Waals surface area contributed by atoms with Crippen molar-refractivity contribution >= 4 is 5.91 Å². The first-order valence-electron chi connectivity index (χ1n) is 10.4. The highest BCUT2D eigenvalue weighted by Crippen LogP contribution is 2.29. The summed E-state index contributed by atoms with van der Waals surface area (Å²) >= 11 is 0. The molecule has 4 rings (SSSR count). The van der Waals surface area contributed by atoms with Crippen molar-refractivity contribution in [2.75, 3.05) is 26.7 Å². The van der Waals surface area contributed by atoms with Gasteiger partial charge in [-0.1, -0.05) is 25.0 Å². The molecular formula is C22H30N4O2. The lowest BCUT2D eigenvalue weighted by Crippen LogP contribution is -2.45. The van der Waals surface area contributed by atoms with Crippen LogP contribution in [0.25, 0.3) is 11.3 Å². The first-order valence-corrected chi connectivity index (χ1v) is 10.4. The number of hydrogen-bond donors (Lipinski definition) is 2. The normalized spacial score (nSPS) is 19.0. The summed E-state index contributed by atoms with van der Waals surface area (Å²) in [7, 11) is 1.64. The van der Waals surface area contributed by atoms with Gasteiger partial charge in [-0.25, -0.2) is 0 Å². The molecule has 1 aliphatic carbocycles. The Kier molecular flexibility index (Phi) is 5.95. The van der Waals surface area contributed by atoms with E-state index in [1.54, 1.807) is 13.2 Å². The predicted octanol–water partition coefficient (Wildman–Crippen LogP) is 3.47. The highest BCUT2D eigenvalue weighted by atomic mass is 16.5. The van der Waals surface area contributed by atoms with Gasteiger partial charge in [0.05, 0.1) is 12.8 Å². The Morgan fingerprint density at radius 3 is 2.71 bits per heavy atom. The zero-order valence-electron chi connectivity index (χ0n) is 16.6. The van der Waals surface area contributed by atoms with Gasteiger partial charge in [0.1, 0.15) is 11.4 Å². The fourth-order valence-electron chi connectivity index (χ4n) is 4.51. The van der Waals surface area contributed by atoms with E-state index in [9.17, 15) is 4.79 Å². The van der Waals surface area contributed by atoms with Crippen LogP contribution in [0, 0.1) is 5.92 Å². The van der Waals surface area contributed by atoms with Crippen LogP contribution >= 0.6 is 0 Å². The molecule has 28 heavy (non-hydrogen) atoms. The minimum atomic E-state index is -0.0807. The van der Waals surface area contributed by atoms with Crippen molar-refractivity contribution in [3.63, 3.8) is 0 Å². The summed E-state index contributed by atoms with van der Waals surface area (Å²) in [6, 6.07) is 9.72. The molecule has 2 aliphatic rings. The van der Waals surface area contributed by atoms with Gasteiger partial charge < -0.3 is 15.0 Å². The number of amides is 1. The number of hydrogen-bond acceptors (Lipinski definition) is 4. The molecule has 1 aromatic carbocycles. The second-order valence-electron chi connectivity index (χ2n) is 8.07. The number of carbonyl (C=O) groups is 1. The van der Waals surface area contributed by atoms with Gasteiger partial charge in [0, 0.05) is 31.2 Å². The molecule has 2 aromatic rings. The second kappa shape index (κ2) is 8.78. The summed E-state index contributed by atoms with van der Waals surface area (Å²) in [5.74, 6) is 1.56. The van der Waals surface area contributed by atoms with E-state index in [2.05, 4.69) is 20.4 Å². The van der Waals surface area contributed by atoms with E-state index in [-0.39, 0.29) is 11.9 Å². The number of nitrogens with zero attached hydrogens (tertiary/aromatic N) is 2. The van der Waals surface area contributed by atoms with Crippen LogP contribution in [-0.2, 0) is 0 Å². The van der Waals surface area contributed by atoms with E-state index < -0.39 is 0 Å². The van der Waals surface area contributed by atoms with Crippen LogP contribution in [-0.4, -0.2) is 53.8 Å². The van der Waals surface area contributed by atoms with Gasteiger partial charge in [0.15, 0.2) is 0 Å². The quantitative estimate of drug-likeness (QED) is 0.803. The molecule has 0 spiro atoms. The Morgan fingerprint density at radius 2 is 1.96 bits per heavy atom. The molecule has 6 nitrogen and oxygen atoms in total. The fourth-order valence-corrected chi connectivity index (χ4v) is 4.51. The third-order valence-electron chi connectivity index (χ3n) is 6.12. The van der Waals surface area contributed by atoms with Crippen LogP contribution in [0.1, 0.15) is 49.0 Å². The number of nitrogens with one attached hydrogen (secondary N) is 2. The van der Waals surface area contributed by atoms with E-state index in [0.717, 1.165) is 43.2 Å². The monoisotopic (exact) mass is 382 g/mol. The van der Waals surface area contributed by atoms with Gasteiger partial charge in [-0.2, -0.15) is 5.10 Å². The third kappa shape index (κ3) is 4.38. The molecule has 0 atom stereocenters. The zero-order valence-corrected chi connectivity index (χ0v) is 16.6. The number of piperidine rings is 1. The molecule has 2 heterocycles. The van der Waals surface area contributed by atoms with Gasteiger partial charge in [-0.3, -0.25) is 9.89 Å². The van der Waals surface area contributed by atoms with Gasteiger partial charge in [0.2, 0.25) is 0 Å². The third-order valence-corrected chi connectivity index (χ3v) is 6.12. The van der Waals surface area contributed by atoms with Crippen molar-refractivity contribution in [3.05, 3.63) is 36.0 Å². The van der Waals surface area contributed by atoms with Gasteiger partial charge in [-0.05, 0) is 49.8 Å². The lowest BCUT2D eigenvalue weighted by atomic mass is 10.0. The van der Waals surface area contributed by atoms with E-state index in [0.29, 0.717) is 11.4 Å². The standard InChI is InChI=1S/C22H30N4O2/c1-28-21-9-5-4-8-18(21)19-14-20(25-24-19)22(27)23-17-10-12-26(13-11-17)15-16-6-2-3-7-16/h4-5,8-9,14,16-17H,2-3,6-7,10-13,15H2,1H3,(H,23,27)(H,24,25). The number of methoxy groups -OCH3 is 1. The Morgan fingerprint density at radius 1 is 1.21 bits per heavy atom. The molecule has 6 heteroatoms. The highest BCUT2D eigenvalue weighted by Gasteiger charge is 2.25. The summed E-state index contributed by atoms with van der Waals surface area (Å²) in [6.07, 6.45) is 7.63. The smallest absolute Gasteiger partial charge is 0.269 e. The average Bonchev–Trinajstić information content (AvgIpc) is 3.41. The molecule has 0 unspecified atom stereocenters. The maximum absolute atomic E-state index is 12.6. The molecule has 0 radical (unpaired) electrons. The molecule has 1 saturated heterocycles. The van der Waals surface area contributed by atoms with Crippen molar-refractivity contribution in [2.45, 2.75) is 44.6 Å². The van der Waals surface area contributed by atoms with E-state index in [1.165, 1.54) is 32.2 Å². The number of ether oxygens (including phenoxy) is 1. The summed E-state index contributed by atoms with van der Waals surface area (Å²) in [6.45, 7) is 3.40. The van der Waals surface area contributed by atoms with Gasteiger partial charge >= 0.3 is 0 Å². The lowest BCUT2D eigenvalue weighted by molar-refractivity contribution is 0.0900. The van der Waals surface area contributed by atoms with Crippen molar-refractivity contribution in [1.29, 1.82) is 0 Å². The van der Waals surface area contributed by atoms with Crippen LogP contribution in [0.3, 0.4) is 0 Å². The van der Waals surface area contributed by atoms with Crippen LogP contribution in [0.4, 0.5) is 0 Å². The maximum atomic E-state index is 12.6.